The molecule has 1 atom stereocenters. The van der Waals surface area contributed by atoms with E-state index in [4.69, 9.17) is 0 Å². The SMILES string of the molecule is Cn1ccnc1C(=O)C1CCCS1. The maximum Gasteiger partial charge on any atom is 0.211 e. The van der Waals surface area contributed by atoms with Crippen molar-refractivity contribution < 1.29 is 4.79 Å². The molecule has 2 heterocycles. The molecule has 2 rings (SSSR count). The second kappa shape index (κ2) is 3.54. The van der Waals surface area contributed by atoms with Crippen molar-refractivity contribution in [1.29, 1.82) is 0 Å². The summed E-state index contributed by atoms with van der Waals surface area (Å²) in [6.07, 6.45) is 5.65. The van der Waals surface area contributed by atoms with E-state index in [0.717, 1.165) is 18.6 Å². The average Bonchev–Trinajstić information content (AvgIpc) is 2.72. The Hall–Kier alpha value is -0.770. The topological polar surface area (TPSA) is 34.9 Å². The molecule has 3 nitrogen and oxygen atoms in total. The van der Waals surface area contributed by atoms with E-state index in [1.54, 1.807) is 22.5 Å². The zero-order chi connectivity index (χ0) is 9.26. The highest BCUT2D eigenvalue weighted by Crippen LogP contribution is 2.28. The summed E-state index contributed by atoms with van der Waals surface area (Å²) in [5.41, 5.74) is 0. The number of ketones is 1. The minimum Gasteiger partial charge on any atom is -0.332 e. The highest BCUT2D eigenvalue weighted by Gasteiger charge is 2.26. The van der Waals surface area contributed by atoms with E-state index in [-0.39, 0.29) is 11.0 Å². The van der Waals surface area contributed by atoms with Gasteiger partial charge in [-0.1, -0.05) is 0 Å². The highest BCUT2D eigenvalue weighted by molar-refractivity contribution is 8.00. The molecule has 13 heavy (non-hydrogen) atoms. The molecule has 1 fully saturated rings. The van der Waals surface area contributed by atoms with Gasteiger partial charge in [-0.15, -0.1) is 0 Å². The fraction of sp³-hybridized carbons (Fsp3) is 0.556. The normalized spacial score (nSPS) is 22.1. The summed E-state index contributed by atoms with van der Waals surface area (Å²) in [6.45, 7) is 0. The van der Waals surface area contributed by atoms with E-state index in [1.165, 1.54) is 0 Å². The van der Waals surface area contributed by atoms with Crippen molar-refractivity contribution in [2.24, 2.45) is 7.05 Å². The van der Waals surface area contributed by atoms with Gasteiger partial charge in [0.1, 0.15) is 0 Å². The lowest BCUT2D eigenvalue weighted by molar-refractivity contribution is 0.0975. The fourth-order valence-corrected chi connectivity index (χ4v) is 2.74. The van der Waals surface area contributed by atoms with Gasteiger partial charge in [-0.2, -0.15) is 11.8 Å². The van der Waals surface area contributed by atoms with Gasteiger partial charge < -0.3 is 4.57 Å². The first-order valence-corrected chi connectivity index (χ1v) is 5.47. The predicted octanol–water partition coefficient (Wildman–Crippen LogP) is 1.50. The number of carbonyl (C=O) groups is 1. The van der Waals surface area contributed by atoms with Gasteiger partial charge in [0.25, 0.3) is 0 Å². The van der Waals surface area contributed by atoms with Crippen molar-refractivity contribution >= 4 is 17.5 Å². The zero-order valence-corrected chi connectivity index (χ0v) is 8.38. The van der Waals surface area contributed by atoms with E-state index in [2.05, 4.69) is 4.98 Å². The monoisotopic (exact) mass is 196 g/mol. The van der Waals surface area contributed by atoms with Crippen LogP contribution in [-0.2, 0) is 7.05 Å². The first-order valence-electron chi connectivity index (χ1n) is 4.42. The number of imidazole rings is 1. The minimum atomic E-state index is 0.154. The Bertz CT molecular complexity index is 315. The molecule has 1 unspecified atom stereocenters. The lowest BCUT2D eigenvalue weighted by Crippen LogP contribution is -2.18. The molecule has 1 aromatic heterocycles. The van der Waals surface area contributed by atoms with Gasteiger partial charge in [-0.25, -0.2) is 4.98 Å². The van der Waals surface area contributed by atoms with Crippen LogP contribution in [0.1, 0.15) is 23.5 Å². The molecule has 0 aliphatic carbocycles. The van der Waals surface area contributed by atoms with Crippen LogP contribution in [0.3, 0.4) is 0 Å². The highest BCUT2D eigenvalue weighted by atomic mass is 32.2. The van der Waals surface area contributed by atoms with Crippen molar-refractivity contribution in [2.75, 3.05) is 5.75 Å². The smallest absolute Gasteiger partial charge is 0.211 e. The maximum absolute atomic E-state index is 11.8. The number of rotatable bonds is 2. The molecule has 4 heteroatoms. The third kappa shape index (κ3) is 1.63. The molecule has 70 valence electrons. The molecule has 0 aromatic carbocycles. The Morgan fingerprint density at radius 2 is 2.62 bits per heavy atom. The first kappa shape index (κ1) is 8.81. The van der Waals surface area contributed by atoms with E-state index >= 15 is 0 Å². The molecular formula is C9H12N2OS. The summed E-state index contributed by atoms with van der Waals surface area (Å²) >= 11 is 1.75. The van der Waals surface area contributed by atoms with Crippen LogP contribution in [0.25, 0.3) is 0 Å². The number of aryl methyl sites for hydroxylation is 1. The number of hydrogen-bond acceptors (Lipinski definition) is 3. The van der Waals surface area contributed by atoms with Gasteiger partial charge in [0, 0.05) is 19.4 Å². The summed E-state index contributed by atoms with van der Waals surface area (Å²) < 4.78 is 1.79. The molecule has 0 amide bonds. The van der Waals surface area contributed by atoms with Gasteiger partial charge in [0.15, 0.2) is 5.82 Å². The number of thioether (sulfide) groups is 1. The molecule has 0 bridgehead atoms. The van der Waals surface area contributed by atoms with Gasteiger partial charge in [-0.3, -0.25) is 4.79 Å². The van der Waals surface area contributed by atoms with Gasteiger partial charge >= 0.3 is 0 Å². The molecule has 1 saturated heterocycles. The van der Waals surface area contributed by atoms with Crippen molar-refractivity contribution in [3.63, 3.8) is 0 Å². The summed E-state index contributed by atoms with van der Waals surface area (Å²) in [6, 6.07) is 0. The second-order valence-electron chi connectivity index (χ2n) is 3.23. The van der Waals surface area contributed by atoms with Crippen molar-refractivity contribution in [2.45, 2.75) is 18.1 Å². The van der Waals surface area contributed by atoms with E-state index < -0.39 is 0 Å². The summed E-state index contributed by atoms with van der Waals surface area (Å²) in [4.78, 5) is 15.9. The fourth-order valence-electron chi connectivity index (χ4n) is 1.53. The summed E-state index contributed by atoms with van der Waals surface area (Å²) in [5.74, 6) is 1.90. The van der Waals surface area contributed by atoms with Crippen LogP contribution in [0.15, 0.2) is 12.4 Å². The van der Waals surface area contributed by atoms with Crippen LogP contribution in [0.2, 0.25) is 0 Å². The molecule has 0 saturated carbocycles. The third-order valence-electron chi connectivity index (χ3n) is 2.26. The van der Waals surface area contributed by atoms with Gasteiger partial charge in [0.05, 0.1) is 5.25 Å². The van der Waals surface area contributed by atoms with E-state index in [1.807, 2.05) is 13.2 Å². The predicted molar refractivity (Wildman–Crippen MR) is 53.0 cm³/mol. The lowest BCUT2D eigenvalue weighted by Gasteiger charge is -2.06. The zero-order valence-electron chi connectivity index (χ0n) is 7.56. The van der Waals surface area contributed by atoms with Crippen LogP contribution in [-0.4, -0.2) is 26.3 Å². The third-order valence-corrected chi connectivity index (χ3v) is 3.64. The molecule has 0 spiro atoms. The Morgan fingerprint density at radius 1 is 1.77 bits per heavy atom. The molecule has 1 aliphatic rings. The Morgan fingerprint density at radius 3 is 3.15 bits per heavy atom. The maximum atomic E-state index is 11.8. The van der Waals surface area contributed by atoms with Crippen LogP contribution >= 0.6 is 11.8 Å². The minimum absolute atomic E-state index is 0.154. The van der Waals surface area contributed by atoms with E-state index in [9.17, 15) is 4.79 Å². The number of nitrogens with zero attached hydrogens (tertiary/aromatic N) is 2. The molecule has 1 aliphatic heterocycles. The number of aromatic nitrogens is 2. The van der Waals surface area contributed by atoms with E-state index in [0.29, 0.717) is 5.82 Å². The Labute approximate surface area is 81.5 Å². The van der Waals surface area contributed by atoms with Crippen LogP contribution < -0.4 is 0 Å². The Balaban J connectivity index is 2.17. The first-order chi connectivity index (χ1) is 6.29. The number of hydrogen-bond donors (Lipinski definition) is 0. The van der Waals surface area contributed by atoms with Crippen molar-refractivity contribution in [3.05, 3.63) is 18.2 Å². The molecule has 1 aromatic rings. The molecule has 0 radical (unpaired) electrons. The van der Waals surface area contributed by atoms with Crippen LogP contribution in [0, 0.1) is 0 Å². The lowest BCUT2D eigenvalue weighted by atomic mass is 10.2. The number of Topliss-reactive ketones (excluding diaryl/α,β-unsaturated/α-hetero) is 1. The van der Waals surface area contributed by atoms with Crippen molar-refractivity contribution in [3.8, 4) is 0 Å². The second-order valence-corrected chi connectivity index (χ2v) is 4.54. The van der Waals surface area contributed by atoms with Crippen LogP contribution in [0.5, 0.6) is 0 Å². The quantitative estimate of drug-likeness (QED) is 0.672. The largest absolute Gasteiger partial charge is 0.332 e. The molecule has 0 N–H and O–H groups in total. The van der Waals surface area contributed by atoms with Crippen molar-refractivity contribution in [1.82, 2.24) is 9.55 Å². The average molecular weight is 196 g/mol. The van der Waals surface area contributed by atoms with Crippen LogP contribution in [0.4, 0.5) is 0 Å². The van der Waals surface area contributed by atoms with Gasteiger partial charge in [-0.05, 0) is 18.6 Å². The Kier molecular flexibility index (Phi) is 2.40. The van der Waals surface area contributed by atoms with Gasteiger partial charge in [0.2, 0.25) is 5.78 Å². The summed E-state index contributed by atoms with van der Waals surface area (Å²) in [5, 5.41) is 0.154. The summed E-state index contributed by atoms with van der Waals surface area (Å²) in [7, 11) is 1.86. The molecular weight excluding hydrogens is 184 g/mol. The number of carbonyl (C=O) groups excluding carboxylic acids is 1. The standard InChI is InChI=1S/C9H12N2OS/c1-11-5-4-10-9(11)8(12)7-3-2-6-13-7/h4-5,7H,2-3,6H2,1H3.